The number of hydrogen-bond donors (Lipinski definition) is 4. The zero-order chi connectivity index (χ0) is 17.5. The Hall–Kier alpha value is -1.54. The lowest BCUT2D eigenvalue weighted by Gasteiger charge is -2.31. The summed E-state index contributed by atoms with van der Waals surface area (Å²) in [7, 11) is 2.75. The van der Waals surface area contributed by atoms with Crippen LogP contribution in [0.1, 0.15) is 20.3 Å². The molecule has 0 fully saturated rings. The van der Waals surface area contributed by atoms with Crippen molar-refractivity contribution in [3.05, 3.63) is 12.7 Å². The molecule has 0 aliphatic heterocycles. The van der Waals surface area contributed by atoms with Crippen LogP contribution in [-0.4, -0.2) is 48.8 Å². The lowest BCUT2D eigenvalue weighted by Crippen LogP contribution is -2.57. The standard InChI is InChI=1S/C14H25N3O4S/c1-6-7-8(9(21-5)11(15)18)12(19)17-10(13(20)16-4)14(2,3)22/h6,8-10,22H,1,7H2,2-5H3,(H2,15,18)(H,16,20)(H,17,19). The third-order valence-corrected chi connectivity index (χ3v) is 3.42. The van der Waals surface area contributed by atoms with Gasteiger partial charge in [0.2, 0.25) is 17.7 Å². The third-order valence-electron chi connectivity index (χ3n) is 3.16. The van der Waals surface area contributed by atoms with E-state index in [1.165, 1.54) is 20.2 Å². The number of thiol groups is 1. The summed E-state index contributed by atoms with van der Waals surface area (Å²) in [5, 5.41) is 5.07. The van der Waals surface area contributed by atoms with E-state index in [-0.39, 0.29) is 6.42 Å². The van der Waals surface area contributed by atoms with Gasteiger partial charge in [-0.1, -0.05) is 6.08 Å². The zero-order valence-corrected chi connectivity index (χ0v) is 14.3. The molecule has 3 atom stereocenters. The maximum atomic E-state index is 12.5. The highest BCUT2D eigenvalue weighted by Gasteiger charge is 2.38. The summed E-state index contributed by atoms with van der Waals surface area (Å²) in [6, 6.07) is -0.883. The summed E-state index contributed by atoms with van der Waals surface area (Å²) in [5.41, 5.74) is 5.25. The van der Waals surface area contributed by atoms with Gasteiger partial charge in [0.15, 0.2) is 0 Å². The molecule has 0 spiro atoms. The number of rotatable bonds is 9. The Morgan fingerprint density at radius 2 is 1.91 bits per heavy atom. The Labute approximate surface area is 136 Å². The van der Waals surface area contributed by atoms with E-state index >= 15 is 0 Å². The van der Waals surface area contributed by atoms with Gasteiger partial charge in [0.05, 0.1) is 5.92 Å². The van der Waals surface area contributed by atoms with Crippen molar-refractivity contribution >= 4 is 30.4 Å². The van der Waals surface area contributed by atoms with Gasteiger partial charge < -0.3 is 21.1 Å². The summed E-state index contributed by atoms with van der Waals surface area (Å²) in [5.74, 6) is -2.55. The molecule has 0 bridgehead atoms. The fraction of sp³-hybridized carbons (Fsp3) is 0.643. The molecular weight excluding hydrogens is 306 g/mol. The number of primary amides is 1. The molecule has 3 unspecified atom stereocenters. The van der Waals surface area contributed by atoms with Crippen LogP contribution in [0.4, 0.5) is 0 Å². The monoisotopic (exact) mass is 331 g/mol. The molecule has 0 aromatic heterocycles. The molecule has 0 rings (SSSR count). The Morgan fingerprint density at radius 1 is 1.36 bits per heavy atom. The van der Waals surface area contributed by atoms with Crippen molar-refractivity contribution in [2.24, 2.45) is 11.7 Å². The van der Waals surface area contributed by atoms with Gasteiger partial charge in [0.1, 0.15) is 12.1 Å². The smallest absolute Gasteiger partial charge is 0.247 e. The minimum atomic E-state index is -1.11. The molecule has 0 heterocycles. The van der Waals surface area contributed by atoms with Crippen molar-refractivity contribution < 1.29 is 19.1 Å². The molecule has 126 valence electrons. The molecule has 7 nitrogen and oxygen atoms in total. The minimum Gasteiger partial charge on any atom is -0.371 e. The fourth-order valence-electron chi connectivity index (χ4n) is 1.98. The van der Waals surface area contributed by atoms with Crippen molar-refractivity contribution in [1.29, 1.82) is 0 Å². The minimum absolute atomic E-state index is 0.181. The van der Waals surface area contributed by atoms with E-state index in [9.17, 15) is 14.4 Å². The number of nitrogens with one attached hydrogen (secondary N) is 2. The van der Waals surface area contributed by atoms with Crippen LogP contribution in [-0.2, 0) is 19.1 Å². The van der Waals surface area contributed by atoms with Gasteiger partial charge in [0.25, 0.3) is 0 Å². The van der Waals surface area contributed by atoms with Gasteiger partial charge in [-0.15, -0.1) is 6.58 Å². The largest absolute Gasteiger partial charge is 0.371 e. The van der Waals surface area contributed by atoms with E-state index in [2.05, 4.69) is 29.8 Å². The van der Waals surface area contributed by atoms with Gasteiger partial charge in [-0.3, -0.25) is 14.4 Å². The van der Waals surface area contributed by atoms with Gasteiger partial charge in [-0.2, -0.15) is 12.6 Å². The molecule has 22 heavy (non-hydrogen) atoms. The molecule has 0 saturated heterocycles. The second-order valence-electron chi connectivity index (χ2n) is 5.40. The maximum Gasteiger partial charge on any atom is 0.247 e. The van der Waals surface area contributed by atoms with E-state index < -0.39 is 40.5 Å². The van der Waals surface area contributed by atoms with Crippen LogP contribution in [0.25, 0.3) is 0 Å². The molecule has 3 amide bonds. The average Bonchev–Trinajstić information content (AvgIpc) is 2.41. The lowest BCUT2D eigenvalue weighted by atomic mass is 9.94. The predicted molar refractivity (Wildman–Crippen MR) is 87.4 cm³/mol. The molecule has 4 N–H and O–H groups in total. The average molecular weight is 331 g/mol. The van der Waals surface area contributed by atoms with Crippen molar-refractivity contribution in [2.45, 2.75) is 37.2 Å². The second-order valence-corrected chi connectivity index (χ2v) is 6.55. The van der Waals surface area contributed by atoms with Gasteiger partial charge in [0, 0.05) is 18.9 Å². The van der Waals surface area contributed by atoms with Crippen molar-refractivity contribution in [3.63, 3.8) is 0 Å². The number of hydrogen-bond acceptors (Lipinski definition) is 5. The van der Waals surface area contributed by atoms with E-state index in [1.807, 2.05) is 0 Å². The highest BCUT2D eigenvalue weighted by molar-refractivity contribution is 7.81. The fourth-order valence-corrected chi connectivity index (χ4v) is 2.16. The number of carbonyl (C=O) groups is 3. The molecule has 0 aliphatic rings. The summed E-state index contributed by atoms with van der Waals surface area (Å²) in [6.07, 6.45) is 0.562. The number of ether oxygens (including phenoxy) is 1. The van der Waals surface area contributed by atoms with Crippen LogP contribution in [0.5, 0.6) is 0 Å². The summed E-state index contributed by atoms with van der Waals surface area (Å²) < 4.78 is 4.20. The number of carbonyl (C=O) groups excluding carboxylic acids is 3. The van der Waals surface area contributed by atoms with Crippen LogP contribution < -0.4 is 16.4 Å². The Bertz CT molecular complexity index is 434. The molecule has 0 aromatic carbocycles. The molecule has 0 radical (unpaired) electrons. The first-order chi connectivity index (χ1) is 10.1. The Kier molecular flexibility index (Phi) is 8.18. The highest BCUT2D eigenvalue weighted by atomic mass is 32.1. The summed E-state index contributed by atoms with van der Waals surface area (Å²) in [6.45, 7) is 6.95. The van der Waals surface area contributed by atoms with Crippen LogP contribution in [0, 0.1) is 5.92 Å². The number of likely N-dealkylation sites (N-methyl/N-ethyl adjacent to an activating group) is 1. The molecule has 0 saturated carbocycles. The van der Waals surface area contributed by atoms with Gasteiger partial charge in [-0.25, -0.2) is 0 Å². The molecule has 8 heteroatoms. The number of methoxy groups -OCH3 is 1. The van der Waals surface area contributed by atoms with E-state index in [1.54, 1.807) is 13.8 Å². The Balaban J connectivity index is 5.34. The molecule has 0 aliphatic carbocycles. The number of nitrogens with two attached hydrogens (primary N) is 1. The second kappa shape index (κ2) is 8.79. The first-order valence-corrected chi connectivity index (χ1v) is 7.22. The van der Waals surface area contributed by atoms with Crippen LogP contribution >= 0.6 is 12.6 Å². The van der Waals surface area contributed by atoms with E-state index in [0.717, 1.165) is 0 Å². The third kappa shape index (κ3) is 5.69. The normalized spacial score (nSPS) is 15.3. The highest BCUT2D eigenvalue weighted by Crippen LogP contribution is 2.20. The number of allylic oxidation sites excluding steroid dienone is 1. The number of amides is 3. The lowest BCUT2D eigenvalue weighted by molar-refractivity contribution is -0.141. The van der Waals surface area contributed by atoms with Crippen molar-refractivity contribution in [3.8, 4) is 0 Å². The van der Waals surface area contributed by atoms with Gasteiger partial charge >= 0.3 is 0 Å². The maximum absolute atomic E-state index is 12.5. The Morgan fingerprint density at radius 3 is 2.23 bits per heavy atom. The first-order valence-electron chi connectivity index (χ1n) is 6.77. The zero-order valence-electron chi connectivity index (χ0n) is 13.4. The first kappa shape index (κ1) is 20.5. The van der Waals surface area contributed by atoms with Crippen molar-refractivity contribution in [2.75, 3.05) is 14.2 Å². The van der Waals surface area contributed by atoms with E-state index in [4.69, 9.17) is 10.5 Å². The van der Waals surface area contributed by atoms with Crippen LogP contribution in [0.3, 0.4) is 0 Å². The molecule has 0 aromatic rings. The molecular formula is C14H25N3O4S. The van der Waals surface area contributed by atoms with E-state index in [0.29, 0.717) is 0 Å². The topological polar surface area (TPSA) is 111 Å². The van der Waals surface area contributed by atoms with Crippen molar-refractivity contribution in [1.82, 2.24) is 10.6 Å². The van der Waals surface area contributed by atoms with Gasteiger partial charge in [-0.05, 0) is 20.3 Å². The summed E-state index contributed by atoms with van der Waals surface area (Å²) >= 11 is 4.33. The predicted octanol–water partition coefficient (Wildman–Crippen LogP) is -0.382. The van der Waals surface area contributed by atoms with Crippen LogP contribution in [0.2, 0.25) is 0 Å². The summed E-state index contributed by atoms with van der Waals surface area (Å²) in [4.78, 5) is 35.8. The quantitative estimate of drug-likeness (QED) is 0.341. The van der Waals surface area contributed by atoms with Crippen LogP contribution in [0.15, 0.2) is 12.7 Å². The SMILES string of the molecule is C=CCC(C(=O)NC(C(=O)NC)C(C)(C)S)C(OC)C(N)=O.